The lowest BCUT2D eigenvalue weighted by atomic mass is 9.85. The van der Waals surface area contributed by atoms with E-state index in [9.17, 15) is 4.79 Å². The Hall–Kier alpha value is -2.01. The number of likely N-dealkylation sites (tertiary alicyclic amines) is 1. The Labute approximate surface area is 132 Å². The second-order valence-electron chi connectivity index (χ2n) is 7.12. The van der Waals surface area contributed by atoms with Gasteiger partial charge >= 0.3 is 0 Å². The van der Waals surface area contributed by atoms with E-state index < -0.39 is 0 Å². The van der Waals surface area contributed by atoms with Gasteiger partial charge in [0.15, 0.2) is 5.78 Å². The maximum Gasteiger partial charge on any atom is 0.177 e. The van der Waals surface area contributed by atoms with Crippen molar-refractivity contribution in [1.82, 2.24) is 4.90 Å². The molecule has 2 heteroatoms. The third-order valence-corrected chi connectivity index (χ3v) is 5.63. The standard InChI is InChI=1S/C20H21NO/c1-3-16-18(22)13-15-5-4-14(2)12-17(15)19(16)21-10-8-20(6-7-20)9-11-21/h1,4-5,12H,6-11,13H2,2H3. The average molecular weight is 291 g/mol. The summed E-state index contributed by atoms with van der Waals surface area (Å²) in [5.41, 5.74) is 5.76. The second-order valence-corrected chi connectivity index (χ2v) is 7.12. The number of terminal acetylenes is 1. The number of piperidine rings is 1. The highest BCUT2D eigenvalue weighted by Crippen LogP contribution is 2.54. The van der Waals surface area contributed by atoms with E-state index in [2.05, 4.69) is 35.9 Å². The van der Waals surface area contributed by atoms with Crippen molar-refractivity contribution in [2.75, 3.05) is 13.1 Å². The zero-order valence-electron chi connectivity index (χ0n) is 13.1. The highest BCUT2D eigenvalue weighted by Gasteiger charge is 2.45. The molecule has 1 aromatic carbocycles. The van der Waals surface area contributed by atoms with Gasteiger partial charge in [-0.1, -0.05) is 23.6 Å². The van der Waals surface area contributed by atoms with E-state index in [0.29, 0.717) is 17.4 Å². The molecule has 1 aliphatic heterocycles. The molecule has 22 heavy (non-hydrogen) atoms. The van der Waals surface area contributed by atoms with Crippen LogP contribution in [0.2, 0.25) is 0 Å². The van der Waals surface area contributed by atoms with Crippen LogP contribution < -0.4 is 0 Å². The maximum absolute atomic E-state index is 12.4. The van der Waals surface area contributed by atoms with Gasteiger partial charge in [-0.25, -0.2) is 0 Å². The van der Waals surface area contributed by atoms with Crippen LogP contribution in [0.4, 0.5) is 0 Å². The number of carbonyl (C=O) groups excluding carboxylic acids is 1. The number of rotatable bonds is 1. The zero-order valence-corrected chi connectivity index (χ0v) is 13.1. The topological polar surface area (TPSA) is 20.3 Å². The largest absolute Gasteiger partial charge is 0.370 e. The first-order valence-corrected chi connectivity index (χ1v) is 8.21. The number of ketones is 1. The van der Waals surface area contributed by atoms with E-state index in [4.69, 9.17) is 6.42 Å². The number of fused-ring (bicyclic) bond motifs is 1. The van der Waals surface area contributed by atoms with Crippen LogP contribution in [0.15, 0.2) is 23.8 Å². The van der Waals surface area contributed by atoms with E-state index in [1.807, 2.05) is 0 Å². The molecule has 0 bridgehead atoms. The molecule has 4 rings (SSSR count). The lowest BCUT2D eigenvalue weighted by molar-refractivity contribution is -0.114. The normalized spacial score (nSPS) is 22.5. The molecular weight excluding hydrogens is 270 g/mol. The van der Waals surface area contributed by atoms with Crippen molar-refractivity contribution in [3.8, 4) is 12.3 Å². The molecule has 1 spiro atoms. The fraction of sp³-hybridized carbons (Fsp3) is 0.450. The van der Waals surface area contributed by atoms with Gasteiger partial charge in [-0.15, -0.1) is 6.42 Å². The Morgan fingerprint density at radius 3 is 2.55 bits per heavy atom. The van der Waals surface area contributed by atoms with Crippen LogP contribution >= 0.6 is 0 Å². The number of Topliss-reactive ketones (excluding diaryl/α,β-unsaturated/α-hetero) is 1. The van der Waals surface area contributed by atoms with Crippen LogP contribution in [-0.2, 0) is 11.2 Å². The van der Waals surface area contributed by atoms with Crippen LogP contribution in [0.1, 0.15) is 42.4 Å². The summed E-state index contributed by atoms with van der Waals surface area (Å²) in [6, 6.07) is 6.36. The Balaban J connectivity index is 1.78. The summed E-state index contributed by atoms with van der Waals surface area (Å²) in [7, 11) is 0. The number of hydrogen-bond acceptors (Lipinski definition) is 2. The minimum absolute atomic E-state index is 0.0977. The van der Waals surface area contributed by atoms with Gasteiger partial charge in [-0.2, -0.15) is 0 Å². The van der Waals surface area contributed by atoms with Crippen molar-refractivity contribution in [1.29, 1.82) is 0 Å². The zero-order chi connectivity index (χ0) is 15.3. The van der Waals surface area contributed by atoms with Crippen molar-refractivity contribution in [3.63, 3.8) is 0 Å². The first-order valence-electron chi connectivity index (χ1n) is 8.21. The summed E-state index contributed by atoms with van der Waals surface area (Å²) in [4.78, 5) is 14.8. The van der Waals surface area contributed by atoms with E-state index in [1.165, 1.54) is 36.8 Å². The molecule has 1 aromatic rings. The van der Waals surface area contributed by atoms with Gasteiger partial charge in [0.25, 0.3) is 0 Å². The molecule has 2 fully saturated rings. The predicted octanol–water partition coefficient (Wildman–Crippen LogP) is 3.34. The Morgan fingerprint density at radius 1 is 1.18 bits per heavy atom. The quantitative estimate of drug-likeness (QED) is 0.740. The monoisotopic (exact) mass is 291 g/mol. The minimum atomic E-state index is 0.0977. The Morgan fingerprint density at radius 2 is 1.91 bits per heavy atom. The molecule has 2 aliphatic carbocycles. The van der Waals surface area contributed by atoms with Crippen LogP contribution in [-0.4, -0.2) is 23.8 Å². The van der Waals surface area contributed by atoms with E-state index in [1.54, 1.807) is 0 Å². The van der Waals surface area contributed by atoms with Gasteiger partial charge in [-0.3, -0.25) is 4.79 Å². The molecule has 3 aliphatic rings. The maximum atomic E-state index is 12.4. The van der Waals surface area contributed by atoms with Crippen molar-refractivity contribution < 1.29 is 4.79 Å². The molecule has 2 nitrogen and oxygen atoms in total. The van der Waals surface area contributed by atoms with Crippen LogP contribution in [0.5, 0.6) is 0 Å². The lowest BCUT2D eigenvalue weighted by Gasteiger charge is -2.38. The van der Waals surface area contributed by atoms with Gasteiger partial charge in [0.2, 0.25) is 0 Å². The molecule has 1 saturated heterocycles. The summed E-state index contributed by atoms with van der Waals surface area (Å²) in [5.74, 6) is 2.78. The molecule has 0 aromatic heterocycles. The SMILES string of the molecule is C#CC1=C(N2CCC3(CC2)CC3)c2cc(C)ccc2CC1=O. The first-order chi connectivity index (χ1) is 10.6. The van der Waals surface area contributed by atoms with Crippen LogP contribution in [0.25, 0.3) is 5.70 Å². The molecule has 0 atom stereocenters. The second kappa shape index (κ2) is 4.74. The number of aryl methyl sites for hydroxylation is 1. The highest BCUT2D eigenvalue weighted by atomic mass is 16.1. The Kier molecular flexibility index (Phi) is 2.94. The summed E-state index contributed by atoms with van der Waals surface area (Å²) < 4.78 is 0. The van der Waals surface area contributed by atoms with E-state index in [0.717, 1.165) is 24.4 Å². The third-order valence-electron chi connectivity index (χ3n) is 5.63. The van der Waals surface area contributed by atoms with Crippen molar-refractivity contribution in [3.05, 3.63) is 40.5 Å². The number of allylic oxidation sites excluding steroid dienone is 1. The third kappa shape index (κ3) is 2.08. The smallest absolute Gasteiger partial charge is 0.177 e. The number of carbonyl (C=O) groups is 1. The number of hydrogen-bond donors (Lipinski definition) is 0. The molecule has 0 radical (unpaired) electrons. The summed E-state index contributed by atoms with van der Waals surface area (Å²) in [6.45, 7) is 4.15. The molecule has 1 saturated carbocycles. The fourth-order valence-corrected chi connectivity index (χ4v) is 3.95. The first kappa shape index (κ1) is 13.6. The summed E-state index contributed by atoms with van der Waals surface area (Å²) in [5, 5.41) is 0. The van der Waals surface area contributed by atoms with Crippen molar-refractivity contribution in [2.45, 2.75) is 39.0 Å². The van der Waals surface area contributed by atoms with Crippen molar-refractivity contribution >= 4 is 11.5 Å². The average Bonchev–Trinajstić information content (AvgIpc) is 3.27. The summed E-state index contributed by atoms with van der Waals surface area (Å²) >= 11 is 0. The molecular formula is C20H21NO. The number of benzene rings is 1. The van der Waals surface area contributed by atoms with Gasteiger partial charge in [0.1, 0.15) is 0 Å². The molecule has 0 amide bonds. The minimum Gasteiger partial charge on any atom is -0.370 e. The Bertz CT molecular complexity index is 721. The van der Waals surface area contributed by atoms with Gasteiger partial charge in [-0.05, 0) is 49.7 Å². The van der Waals surface area contributed by atoms with Gasteiger partial charge in [0.05, 0.1) is 11.3 Å². The summed E-state index contributed by atoms with van der Waals surface area (Å²) in [6.07, 6.45) is 11.4. The van der Waals surface area contributed by atoms with E-state index >= 15 is 0 Å². The van der Waals surface area contributed by atoms with Crippen LogP contribution in [0.3, 0.4) is 0 Å². The van der Waals surface area contributed by atoms with Crippen LogP contribution in [0, 0.1) is 24.7 Å². The molecule has 1 heterocycles. The lowest BCUT2D eigenvalue weighted by Crippen LogP contribution is -2.36. The molecule has 0 N–H and O–H groups in total. The van der Waals surface area contributed by atoms with E-state index in [-0.39, 0.29) is 5.78 Å². The van der Waals surface area contributed by atoms with Gasteiger partial charge < -0.3 is 4.90 Å². The van der Waals surface area contributed by atoms with Crippen molar-refractivity contribution in [2.24, 2.45) is 5.41 Å². The van der Waals surface area contributed by atoms with Gasteiger partial charge in [0, 0.05) is 25.1 Å². The fourth-order valence-electron chi connectivity index (χ4n) is 3.95. The predicted molar refractivity (Wildman–Crippen MR) is 88.1 cm³/mol. The molecule has 0 unspecified atom stereocenters. The molecule has 112 valence electrons. The highest BCUT2D eigenvalue weighted by molar-refractivity contribution is 6.10. The number of nitrogens with zero attached hydrogens (tertiary/aromatic N) is 1.